The zero-order valence-electron chi connectivity index (χ0n) is 9.52. The zero-order chi connectivity index (χ0) is 10.3. The summed E-state index contributed by atoms with van der Waals surface area (Å²) in [5.74, 6) is 0. The molecule has 0 spiro atoms. The van der Waals surface area contributed by atoms with Gasteiger partial charge in [-0.2, -0.15) is 0 Å². The third-order valence-corrected chi connectivity index (χ3v) is 3.11. The molecule has 0 N–H and O–H groups in total. The lowest BCUT2D eigenvalue weighted by Gasteiger charge is -2.31. The van der Waals surface area contributed by atoms with E-state index in [2.05, 4.69) is 52.0 Å². The van der Waals surface area contributed by atoms with Gasteiger partial charge in [-0.3, -0.25) is 0 Å². The topological polar surface area (TPSA) is 0 Å². The fourth-order valence-electron chi connectivity index (χ4n) is 2.64. The Hall–Kier alpha value is -1.04. The lowest BCUT2D eigenvalue weighted by atomic mass is 9.73. The van der Waals surface area contributed by atoms with Crippen molar-refractivity contribution in [2.45, 2.75) is 39.5 Å². The van der Waals surface area contributed by atoms with Crippen LogP contribution in [-0.4, -0.2) is 0 Å². The molecule has 1 aliphatic rings. The average molecular weight is 186 g/mol. The highest BCUT2D eigenvalue weighted by molar-refractivity contribution is 5.62. The Bertz CT molecular complexity index is 395. The molecule has 1 aromatic carbocycles. The molecule has 0 nitrogen and oxygen atoms in total. The molecule has 0 heterocycles. The SMILES string of the molecule is Cc1cc(C)c2c(c1)C=CCC2(C)C. The van der Waals surface area contributed by atoms with Crippen molar-refractivity contribution in [2.75, 3.05) is 0 Å². The molecule has 0 saturated carbocycles. The van der Waals surface area contributed by atoms with Gasteiger partial charge in [-0.1, -0.05) is 43.7 Å². The summed E-state index contributed by atoms with van der Waals surface area (Å²) in [5.41, 5.74) is 6.06. The highest BCUT2D eigenvalue weighted by Crippen LogP contribution is 2.37. The van der Waals surface area contributed by atoms with E-state index in [-0.39, 0.29) is 0 Å². The van der Waals surface area contributed by atoms with Crippen molar-refractivity contribution in [1.29, 1.82) is 0 Å². The molecule has 0 amide bonds. The fourth-order valence-corrected chi connectivity index (χ4v) is 2.64. The number of aryl methyl sites for hydroxylation is 2. The Morgan fingerprint density at radius 3 is 2.57 bits per heavy atom. The van der Waals surface area contributed by atoms with Gasteiger partial charge in [0.15, 0.2) is 0 Å². The molecule has 0 saturated heterocycles. The third kappa shape index (κ3) is 1.39. The Kier molecular flexibility index (Phi) is 2.02. The van der Waals surface area contributed by atoms with Gasteiger partial charge in [0.1, 0.15) is 0 Å². The quantitative estimate of drug-likeness (QED) is 0.574. The van der Waals surface area contributed by atoms with E-state index in [1.165, 1.54) is 22.3 Å². The molecule has 0 aliphatic heterocycles. The number of benzene rings is 1. The first-order valence-corrected chi connectivity index (χ1v) is 5.29. The van der Waals surface area contributed by atoms with Gasteiger partial charge in [0, 0.05) is 0 Å². The lowest BCUT2D eigenvalue weighted by Crippen LogP contribution is -2.21. The summed E-state index contributed by atoms with van der Waals surface area (Å²) in [6, 6.07) is 4.58. The van der Waals surface area contributed by atoms with Crippen LogP contribution in [0.25, 0.3) is 6.08 Å². The van der Waals surface area contributed by atoms with E-state index in [1.807, 2.05) is 0 Å². The van der Waals surface area contributed by atoms with Gasteiger partial charge in [0.05, 0.1) is 0 Å². The van der Waals surface area contributed by atoms with Gasteiger partial charge in [-0.05, 0) is 42.4 Å². The van der Waals surface area contributed by atoms with Crippen LogP contribution in [0, 0.1) is 13.8 Å². The molecule has 0 unspecified atom stereocenters. The smallest absolute Gasteiger partial charge is 0.00604 e. The number of hydrogen-bond acceptors (Lipinski definition) is 0. The van der Waals surface area contributed by atoms with Crippen LogP contribution < -0.4 is 0 Å². The summed E-state index contributed by atoms with van der Waals surface area (Å²) in [5, 5.41) is 0. The maximum Gasteiger partial charge on any atom is -0.00604 e. The van der Waals surface area contributed by atoms with Crippen LogP contribution >= 0.6 is 0 Å². The Labute approximate surface area is 86.7 Å². The van der Waals surface area contributed by atoms with Crippen LogP contribution in [0.5, 0.6) is 0 Å². The van der Waals surface area contributed by atoms with Crippen LogP contribution in [0.3, 0.4) is 0 Å². The zero-order valence-corrected chi connectivity index (χ0v) is 9.52. The van der Waals surface area contributed by atoms with E-state index in [1.54, 1.807) is 0 Å². The minimum Gasteiger partial charge on any atom is -0.0831 e. The second kappa shape index (κ2) is 2.98. The molecule has 1 aromatic rings. The van der Waals surface area contributed by atoms with E-state index in [0.29, 0.717) is 5.41 Å². The van der Waals surface area contributed by atoms with Crippen LogP contribution in [0.2, 0.25) is 0 Å². The number of rotatable bonds is 0. The Morgan fingerprint density at radius 2 is 1.86 bits per heavy atom. The summed E-state index contributed by atoms with van der Waals surface area (Å²) < 4.78 is 0. The van der Waals surface area contributed by atoms with Crippen LogP contribution in [-0.2, 0) is 5.41 Å². The monoisotopic (exact) mass is 186 g/mol. The Morgan fingerprint density at radius 1 is 1.14 bits per heavy atom. The van der Waals surface area contributed by atoms with Crippen LogP contribution in [0.1, 0.15) is 42.5 Å². The molecular formula is C14H18. The van der Waals surface area contributed by atoms with Gasteiger partial charge in [-0.15, -0.1) is 0 Å². The fraction of sp³-hybridized carbons (Fsp3) is 0.429. The predicted octanol–water partition coefficient (Wildman–Crippen LogP) is 4.00. The first-order chi connectivity index (χ1) is 6.50. The molecule has 0 bridgehead atoms. The van der Waals surface area contributed by atoms with Crippen molar-refractivity contribution >= 4 is 6.08 Å². The third-order valence-electron chi connectivity index (χ3n) is 3.11. The first kappa shape index (κ1) is 9.51. The lowest BCUT2D eigenvalue weighted by molar-refractivity contribution is 0.525. The van der Waals surface area contributed by atoms with E-state index in [0.717, 1.165) is 6.42 Å². The second-order valence-corrected chi connectivity index (χ2v) is 5.04. The molecule has 0 heteroatoms. The molecule has 0 atom stereocenters. The van der Waals surface area contributed by atoms with Crippen molar-refractivity contribution in [3.05, 3.63) is 40.5 Å². The normalized spacial score (nSPS) is 18.0. The van der Waals surface area contributed by atoms with E-state index in [9.17, 15) is 0 Å². The van der Waals surface area contributed by atoms with Crippen molar-refractivity contribution in [2.24, 2.45) is 0 Å². The number of fused-ring (bicyclic) bond motifs is 1. The van der Waals surface area contributed by atoms with Gasteiger partial charge < -0.3 is 0 Å². The molecule has 0 fully saturated rings. The minimum absolute atomic E-state index is 0.307. The van der Waals surface area contributed by atoms with Gasteiger partial charge >= 0.3 is 0 Å². The van der Waals surface area contributed by atoms with Gasteiger partial charge in [0.2, 0.25) is 0 Å². The summed E-state index contributed by atoms with van der Waals surface area (Å²) in [6.45, 7) is 9.06. The van der Waals surface area contributed by atoms with Crippen LogP contribution in [0.4, 0.5) is 0 Å². The van der Waals surface area contributed by atoms with E-state index in [4.69, 9.17) is 0 Å². The highest BCUT2D eigenvalue weighted by atomic mass is 14.3. The maximum absolute atomic E-state index is 2.33. The molecule has 0 radical (unpaired) electrons. The second-order valence-electron chi connectivity index (χ2n) is 5.04. The van der Waals surface area contributed by atoms with Crippen molar-refractivity contribution in [3.63, 3.8) is 0 Å². The number of hydrogen-bond donors (Lipinski definition) is 0. The summed E-state index contributed by atoms with van der Waals surface area (Å²) in [4.78, 5) is 0. The predicted molar refractivity (Wildman–Crippen MR) is 62.6 cm³/mol. The van der Waals surface area contributed by atoms with E-state index >= 15 is 0 Å². The van der Waals surface area contributed by atoms with Crippen molar-refractivity contribution < 1.29 is 0 Å². The van der Waals surface area contributed by atoms with Gasteiger partial charge in [0.25, 0.3) is 0 Å². The highest BCUT2D eigenvalue weighted by Gasteiger charge is 2.26. The molecule has 74 valence electrons. The molecular weight excluding hydrogens is 168 g/mol. The first-order valence-electron chi connectivity index (χ1n) is 5.29. The number of allylic oxidation sites excluding steroid dienone is 1. The Balaban J connectivity index is 2.71. The molecule has 1 aliphatic carbocycles. The standard InChI is InChI=1S/C14H18/c1-10-8-11(2)13-12(9-10)6-5-7-14(13,3)4/h5-6,8-9H,7H2,1-4H3. The van der Waals surface area contributed by atoms with Gasteiger partial charge in [-0.25, -0.2) is 0 Å². The van der Waals surface area contributed by atoms with Crippen LogP contribution in [0.15, 0.2) is 18.2 Å². The summed E-state index contributed by atoms with van der Waals surface area (Å²) >= 11 is 0. The summed E-state index contributed by atoms with van der Waals surface area (Å²) in [7, 11) is 0. The molecule has 0 aromatic heterocycles. The average Bonchev–Trinajstić information content (AvgIpc) is 2.00. The molecule has 2 rings (SSSR count). The minimum atomic E-state index is 0.307. The van der Waals surface area contributed by atoms with Crippen molar-refractivity contribution in [1.82, 2.24) is 0 Å². The summed E-state index contributed by atoms with van der Waals surface area (Å²) in [6.07, 6.45) is 5.71. The van der Waals surface area contributed by atoms with E-state index < -0.39 is 0 Å². The molecule has 14 heavy (non-hydrogen) atoms. The largest absolute Gasteiger partial charge is 0.0831 e. The maximum atomic E-state index is 2.33. The van der Waals surface area contributed by atoms with Crippen molar-refractivity contribution in [3.8, 4) is 0 Å².